The first-order valence-electron chi connectivity index (χ1n) is 4.81. The molecule has 0 aromatic heterocycles. The molecule has 1 aromatic rings. The summed E-state index contributed by atoms with van der Waals surface area (Å²) >= 11 is 4.05. The van der Waals surface area contributed by atoms with Gasteiger partial charge in [-0.2, -0.15) is 0 Å². The second-order valence-electron chi connectivity index (χ2n) is 3.73. The lowest BCUT2D eigenvalue weighted by Gasteiger charge is -2.04. The van der Waals surface area contributed by atoms with Gasteiger partial charge in [-0.25, -0.2) is 4.39 Å². The Morgan fingerprint density at radius 1 is 1.43 bits per heavy atom. The van der Waals surface area contributed by atoms with E-state index in [1.807, 2.05) is 0 Å². The van der Waals surface area contributed by atoms with E-state index in [0.29, 0.717) is 17.1 Å². The fraction of sp³-hybridized carbons (Fsp3) is 0.455. The summed E-state index contributed by atoms with van der Waals surface area (Å²) in [5.41, 5.74) is 0.614. The minimum absolute atomic E-state index is 0.228. The van der Waals surface area contributed by atoms with Crippen LogP contribution in [0.3, 0.4) is 0 Å². The van der Waals surface area contributed by atoms with Crippen LogP contribution in [0.15, 0.2) is 23.1 Å². The summed E-state index contributed by atoms with van der Waals surface area (Å²) in [4.78, 5) is 0.647. The molecule has 0 saturated heterocycles. The first kappa shape index (κ1) is 9.99. The van der Waals surface area contributed by atoms with Crippen LogP contribution < -0.4 is 0 Å². The molecule has 1 aromatic carbocycles. The Hall–Kier alpha value is -0.540. The number of rotatable bonds is 4. The van der Waals surface area contributed by atoms with Crippen LogP contribution >= 0.6 is 12.6 Å². The third kappa shape index (κ3) is 2.72. The fourth-order valence-corrected chi connectivity index (χ4v) is 1.46. The van der Waals surface area contributed by atoms with Gasteiger partial charge in [0.05, 0.1) is 6.61 Å². The van der Waals surface area contributed by atoms with E-state index in [9.17, 15) is 4.39 Å². The van der Waals surface area contributed by atoms with Crippen molar-refractivity contribution < 1.29 is 9.13 Å². The van der Waals surface area contributed by atoms with E-state index in [1.165, 1.54) is 18.9 Å². The number of halogens is 1. The van der Waals surface area contributed by atoms with Crippen LogP contribution in [0, 0.1) is 11.7 Å². The summed E-state index contributed by atoms with van der Waals surface area (Å²) < 4.78 is 18.7. The molecule has 76 valence electrons. The highest BCUT2D eigenvalue weighted by molar-refractivity contribution is 7.80. The Bertz CT molecular complexity index is 323. The Balaban J connectivity index is 1.87. The summed E-state index contributed by atoms with van der Waals surface area (Å²) in [6, 6.07) is 4.92. The molecule has 1 fully saturated rings. The first-order chi connectivity index (χ1) is 6.75. The quantitative estimate of drug-likeness (QED) is 0.755. The minimum Gasteiger partial charge on any atom is -0.376 e. The molecule has 1 aliphatic carbocycles. The zero-order valence-electron chi connectivity index (χ0n) is 7.87. The van der Waals surface area contributed by atoms with Crippen LogP contribution in [-0.4, -0.2) is 6.61 Å². The SMILES string of the molecule is Fc1cc(S)ccc1COCC1CC1. The van der Waals surface area contributed by atoms with Crippen LogP contribution in [0.4, 0.5) is 4.39 Å². The maximum Gasteiger partial charge on any atom is 0.129 e. The zero-order chi connectivity index (χ0) is 9.97. The molecule has 1 saturated carbocycles. The number of thiol groups is 1. The molecule has 0 N–H and O–H groups in total. The maximum atomic E-state index is 13.3. The van der Waals surface area contributed by atoms with Crippen molar-refractivity contribution in [2.24, 2.45) is 5.92 Å². The van der Waals surface area contributed by atoms with Crippen LogP contribution in [0.1, 0.15) is 18.4 Å². The highest BCUT2D eigenvalue weighted by Crippen LogP contribution is 2.29. The van der Waals surface area contributed by atoms with Crippen molar-refractivity contribution in [2.45, 2.75) is 24.3 Å². The van der Waals surface area contributed by atoms with Gasteiger partial charge in [0.1, 0.15) is 5.82 Å². The molecule has 14 heavy (non-hydrogen) atoms. The van der Waals surface area contributed by atoms with Crippen LogP contribution in [0.5, 0.6) is 0 Å². The number of benzene rings is 1. The average Bonchev–Trinajstić information content (AvgIpc) is 2.92. The molecule has 0 spiro atoms. The summed E-state index contributed by atoms with van der Waals surface area (Å²) in [6.45, 7) is 1.14. The number of ether oxygens (including phenoxy) is 1. The molecular formula is C11H13FOS. The Kier molecular flexibility index (Phi) is 3.08. The highest BCUT2D eigenvalue weighted by atomic mass is 32.1. The average molecular weight is 212 g/mol. The molecular weight excluding hydrogens is 199 g/mol. The molecule has 1 nitrogen and oxygen atoms in total. The van der Waals surface area contributed by atoms with Gasteiger partial charge in [-0.15, -0.1) is 12.6 Å². The van der Waals surface area contributed by atoms with Crippen molar-refractivity contribution in [3.8, 4) is 0 Å². The second kappa shape index (κ2) is 4.32. The second-order valence-corrected chi connectivity index (χ2v) is 4.25. The molecule has 0 unspecified atom stereocenters. The third-order valence-electron chi connectivity index (χ3n) is 2.34. The number of hydrogen-bond donors (Lipinski definition) is 1. The smallest absolute Gasteiger partial charge is 0.129 e. The monoisotopic (exact) mass is 212 g/mol. The van der Waals surface area contributed by atoms with Crippen molar-refractivity contribution in [2.75, 3.05) is 6.61 Å². The predicted molar refractivity (Wildman–Crippen MR) is 56.0 cm³/mol. The molecule has 3 heteroatoms. The van der Waals surface area contributed by atoms with E-state index < -0.39 is 0 Å². The molecule has 0 amide bonds. The molecule has 2 rings (SSSR count). The van der Waals surface area contributed by atoms with E-state index in [1.54, 1.807) is 12.1 Å². The van der Waals surface area contributed by atoms with Crippen LogP contribution in [0.2, 0.25) is 0 Å². The van der Waals surface area contributed by atoms with Crippen molar-refractivity contribution in [1.29, 1.82) is 0 Å². The number of hydrogen-bond acceptors (Lipinski definition) is 2. The van der Waals surface area contributed by atoms with Crippen LogP contribution in [-0.2, 0) is 11.3 Å². The normalized spacial score (nSPS) is 15.9. The van der Waals surface area contributed by atoms with Gasteiger partial charge in [-0.1, -0.05) is 6.07 Å². The predicted octanol–water partition coefficient (Wildman–Crippen LogP) is 3.04. The van der Waals surface area contributed by atoms with Gasteiger partial charge >= 0.3 is 0 Å². The van der Waals surface area contributed by atoms with E-state index in [4.69, 9.17) is 4.74 Å². The van der Waals surface area contributed by atoms with Crippen molar-refractivity contribution in [3.05, 3.63) is 29.6 Å². The van der Waals surface area contributed by atoms with Crippen LogP contribution in [0.25, 0.3) is 0 Å². The topological polar surface area (TPSA) is 9.23 Å². The third-order valence-corrected chi connectivity index (χ3v) is 2.62. The standard InChI is InChI=1S/C11H13FOS/c12-11-5-10(14)4-3-9(11)7-13-6-8-1-2-8/h3-5,8,14H,1-2,6-7H2. The Labute approximate surface area is 88.7 Å². The van der Waals surface area contributed by atoms with Gasteiger partial charge in [0, 0.05) is 17.1 Å². The maximum absolute atomic E-state index is 13.3. The van der Waals surface area contributed by atoms with Gasteiger partial charge in [-0.05, 0) is 30.9 Å². The van der Waals surface area contributed by atoms with Gasteiger partial charge < -0.3 is 4.74 Å². The molecule has 0 radical (unpaired) electrons. The lowest BCUT2D eigenvalue weighted by molar-refractivity contribution is 0.109. The Morgan fingerprint density at radius 3 is 2.86 bits per heavy atom. The van der Waals surface area contributed by atoms with E-state index >= 15 is 0 Å². The van der Waals surface area contributed by atoms with Gasteiger partial charge in [-0.3, -0.25) is 0 Å². The Morgan fingerprint density at radius 2 is 2.21 bits per heavy atom. The van der Waals surface area contributed by atoms with E-state index in [2.05, 4.69) is 12.6 Å². The molecule has 0 heterocycles. The fourth-order valence-electron chi connectivity index (χ4n) is 1.27. The summed E-state index contributed by atoms with van der Waals surface area (Å²) in [7, 11) is 0. The minimum atomic E-state index is -0.228. The highest BCUT2D eigenvalue weighted by Gasteiger charge is 2.21. The largest absolute Gasteiger partial charge is 0.376 e. The molecule has 0 aliphatic heterocycles. The van der Waals surface area contributed by atoms with Gasteiger partial charge in [0.25, 0.3) is 0 Å². The summed E-state index contributed by atoms with van der Waals surface area (Å²) in [5.74, 6) is 0.496. The first-order valence-corrected chi connectivity index (χ1v) is 5.25. The van der Waals surface area contributed by atoms with Crippen molar-refractivity contribution in [1.82, 2.24) is 0 Å². The summed E-state index contributed by atoms with van der Waals surface area (Å²) in [5, 5.41) is 0. The van der Waals surface area contributed by atoms with E-state index in [-0.39, 0.29) is 5.82 Å². The molecule has 0 atom stereocenters. The van der Waals surface area contributed by atoms with Gasteiger partial charge in [0.2, 0.25) is 0 Å². The van der Waals surface area contributed by atoms with Crippen molar-refractivity contribution in [3.63, 3.8) is 0 Å². The van der Waals surface area contributed by atoms with Crippen molar-refractivity contribution >= 4 is 12.6 Å². The lowest BCUT2D eigenvalue weighted by Crippen LogP contribution is -1.99. The lowest BCUT2D eigenvalue weighted by atomic mass is 10.2. The van der Waals surface area contributed by atoms with Gasteiger partial charge in [0.15, 0.2) is 0 Å². The molecule has 1 aliphatic rings. The van der Waals surface area contributed by atoms with E-state index in [0.717, 1.165) is 12.5 Å². The summed E-state index contributed by atoms with van der Waals surface area (Å²) in [6.07, 6.45) is 2.52. The zero-order valence-corrected chi connectivity index (χ0v) is 8.77. The molecule has 0 bridgehead atoms.